The van der Waals surface area contributed by atoms with Crippen molar-refractivity contribution < 1.29 is 4.79 Å². The molecule has 2 aromatic heterocycles. The molecule has 4 nitrogen and oxygen atoms in total. The Hall–Kier alpha value is -1.59. The zero-order chi connectivity index (χ0) is 11.5. The quantitative estimate of drug-likeness (QED) is 0.865. The first-order valence-corrected chi connectivity index (χ1v) is 5.73. The smallest absolute Gasteiger partial charge is 0.257 e. The van der Waals surface area contributed by atoms with Crippen LogP contribution >= 0.6 is 22.9 Å². The van der Waals surface area contributed by atoms with Gasteiger partial charge in [-0.2, -0.15) is 11.3 Å². The van der Waals surface area contributed by atoms with Crippen LogP contribution < -0.4 is 11.1 Å². The number of carbonyl (C=O) groups excluding carboxylic acids is 1. The monoisotopic (exact) mass is 253 g/mol. The van der Waals surface area contributed by atoms with Gasteiger partial charge in [0.1, 0.15) is 5.82 Å². The molecule has 0 radical (unpaired) electrons. The van der Waals surface area contributed by atoms with E-state index in [-0.39, 0.29) is 16.7 Å². The molecule has 2 aromatic rings. The van der Waals surface area contributed by atoms with E-state index in [0.717, 1.165) is 5.69 Å². The highest BCUT2D eigenvalue weighted by atomic mass is 35.5. The minimum atomic E-state index is -0.294. The van der Waals surface area contributed by atoms with Crippen molar-refractivity contribution in [2.24, 2.45) is 0 Å². The van der Waals surface area contributed by atoms with Gasteiger partial charge in [0.05, 0.1) is 16.3 Å². The van der Waals surface area contributed by atoms with E-state index in [0.29, 0.717) is 5.56 Å². The van der Waals surface area contributed by atoms with Gasteiger partial charge in [-0.25, -0.2) is 4.98 Å². The summed E-state index contributed by atoms with van der Waals surface area (Å²) in [4.78, 5) is 15.6. The van der Waals surface area contributed by atoms with Gasteiger partial charge in [0.25, 0.3) is 5.91 Å². The third-order valence-corrected chi connectivity index (χ3v) is 2.88. The Morgan fingerprint density at radius 2 is 2.38 bits per heavy atom. The lowest BCUT2D eigenvalue weighted by molar-refractivity contribution is 0.102. The number of amides is 1. The Bertz CT molecular complexity index is 513. The summed E-state index contributed by atoms with van der Waals surface area (Å²) in [7, 11) is 0. The number of nitrogens with one attached hydrogen (secondary N) is 1. The molecule has 0 spiro atoms. The fourth-order valence-corrected chi connectivity index (χ4v) is 1.94. The Morgan fingerprint density at radius 1 is 1.56 bits per heavy atom. The van der Waals surface area contributed by atoms with Crippen molar-refractivity contribution in [3.05, 3.63) is 39.7 Å². The summed E-state index contributed by atoms with van der Waals surface area (Å²) in [5, 5.41) is 6.69. The molecule has 1 amide bonds. The number of carbonyl (C=O) groups is 1. The van der Waals surface area contributed by atoms with Crippen LogP contribution in [0.5, 0.6) is 0 Å². The molecule has 0 unspecified atom stereocenters. The third kappa shape index (κ3) is 2.32. The van der Waals surface area contributed by atoms with Crippen LogP contribution in [0.4, 0.5) is 11.5 Å². The topological polar surface area (TPSA) is 68.0 Å². The fourth-order valence-electron chi connectivity index (χ4n) is 1.16. The molecular formula is C10H8ClN3OS. The second-order valence-corrected chi connectivity index (χ2v) is 4.24. The molecule has 0 aliphatic carbocycles. The molecule has 6 heteroatoms. The summed E-state index contributed by atoms with van der Waals surface area (Å²) >= 11 is 7.35. The van der Waals surface area contributed by atoms with Gasteiger partial charge in [0.2, 0.25) is 0 Å². The molecule has 0 aromatic carbocycles. The summed E-state index contributed by atoms with van der Waals surface area (Å²) in [6.45, 7) is 0. The number of rotatable bonds is 2. The highest BCUT2D eigenvalue weighted by molar-refractivity contribution is 7.08. The van der Waals surface area contributed by atoms with Crippen LogP contribution in [0.15, 0.2) is 29.1 Å². The Kier molecular flexibility index (Phi) is 3.07. The SMILES string of the molecule is Nc1cc(C(=O)Nc2ccsc2)c(Cl)cn1. The summed E-state index contributed by atoms with van der Waals surface area (Å²) < 4.78 is 0. The standard InChI is InChI=1S/C10H8ClN3OS/c11-8-4-13-9(12)3-7(8)10(15)14-6-1-2-16-5-6/h1-5H,(H2,12,13)(H,14,15). The first kappa shape index (κ1) is 10.9. The van der Waals surface area contributed by atoms with E-state index in [9.17, 15) is 4.79 Å². The lowest BCUT2D eigenvalue weighted by Crippen LogP contribution is -2.12. The van der Waals surface area contributed by atoms with E-state index < -0.39 is 0 Å². The molecule has 0 aliphatic heterocycles. The van der Waals surface area contributed by atoms with Crippen molar-refractivity contribution in [2.75, 3.05) is 11.1 Å². The first-order chi connectivity index (χ1) is 7.66. The highest BCUT2D eigenvalue weighted by Gasteiger charge is 2.11. The predicted octanol–water partition coefficient (Wildman–Crippen LogP) is 2.63. The molecule has 0 saturated heterocycles. The largest absolute Gasteiger partial charge is 0.384 e. The normalized spacial score (nSPS) is 10.1. The van der Waals surface area contributed by atoms with Gasteiger partial charge < -0.3 is 11.1 Å². The van der Waals surface area contributed by atoms with Gasteiger partial charge in [-0.1, -0.05) is 11.6 Å². The molecule has 82 valence electrons. The van der Waals surface area contributed by atoms with Crippen LogP contribution in [0.25, 0.3) is 0 Å². The molecule has 2 rings (SSSR count). The van der Waals surface area contributed by atoms with Crippen LogP contribution in [0.3, 0.4) is 0 Å². The molecule has 0 aliphatic rings. The van der Waals surface area contributed by atoms with Crippen molar-refractivity contribution in [2.45, 2.75) is 0 Å². The van der Waals surface area contributed by atoms with Crippen molar-refractivity contribution in [1.29, 1.82) is 0 Å². The number of nitrogen functional groups attached to an aromatic ring is 1. The average molecular weight is 254 g/mol. The summed E-state index contributed by atoms with van der Waals surface area (Å²) in [6.07, 6.45) is 1.36. The maximum absolute atomic E-state index is 11.8. The lowest BCUT2D eigenvalue weighted by Gasteiger charge is -2.05. The number of pyridine rings is 1. The number of hydrogen-bond acceptors (Lipinski definition) is 4. The van der Waals surface area contributed by atoms with Gasteiger partial charge >= 0.3 is 0 Å². The molecule has 0 fully saturated rings. The summed E-state index contributed by atoms with van der Waals surface area (Å²) in [5.74, 6) is -0.0302. The number of hydrogen-bond donors (Lipinski definition) is 2. The van der Waals surface area contributed by atoms with Gasteiger partial charge in [-0.15, -0.1) is 0 Å². The molecule has 3 N–H and O–H groups in total. The van der Waals surface area contributed by atoms with Gasteiger partial charge in [-0.05, 0) is 17.5 Å². The van der Waals surface area contributed by atoms with Crippen molar-refractivity contribution in [1.82, 2.24) is 4.98 Å². The third-order valence-electron chi connectivity index (χ3n) is 1.90. The average Bonchev–Trinajstić information content (AvgIpc) is 2.74. The minimum absolute atomic E-state index is 0.264. The second kappa shape index (κ2) is 4.51. The number of nitrogens with two attached hydrogens (primary N) is 1. The van der Waals surface area contributed by atoms with E-state index in [1.165, 1.54) is 23.6 Å². The lowest BCUT2D eigenvalue weighted by atomic mass is 10.2. The van der Waals surface area contributed by atoms with E-state index in [1.807, 2.05) is 10.8 Å². The van der Waals surface area contributed by atoms with Crippen molar-refractivity contribution >= 4 is 40.4 Å². The molecule has 2 heterocycles. The maximum atomic E-state index is 11.8. The van der Waals surface area contributed by atoms with E-state index in [4.69, 9.17) is 17.3 Å². The molecular weight excluding hydrogens is 246 g/mol. The number of thiophene rings is 1. The predicted molar refractivity (Wildman–Crippen MR) is 65.9 cm³/mol. The van der Waals surface area contributed by atoms with Gasteiger partial charge in [0.15, 0.2) is 0 Å². The number of anilines is 2. The van der Waals surface area contributed by atoms with Crippen LogP contribution in [0.1, 0.15) is 10.4 Å². The van der Waals surface area contributed by atoms with E-state index in [2.05, 4.69) is 10.3 Å². The van der Waals surface area contributed by atoms with Crippen LogP contribution in [0, 0.1) is 0 Å². The first-order valence-electron chi connectivity index (χ1n) is 4.41. The minimum Gasteiger partial charge on any atom is -0.384 e. The Labute approximate surface area is 101 Å². The number of halogens is 1. The van der Waals surface area contributed by atoms with Crippen LogP contribution in [0.2, 0.25) is 5.02 Å². The fraction of sp³-hybridized carbons (Fsp3) is 0. The summed E-state index contributed by atoms with van der Waals surface area (Å²) in [6, 6.07) is 3.26. The van der Waals surface area contributed by atoms with Crippen molar-refractivity contribution in [3.8, 4) is 0 Å². The molecule has 0 bridgehead atoms. The highest BCUT2D eigenvalue weighted by Crippen LogP contribution is 2.19. The second-order valence-electron chi connectivity index (χ2n) is 3.06. The Morgan fingerprint density at radius 3 is 3.06 bits per heavy atom. The molecule has 0 atom stereocenters. The van der Waals surface area contributed by atoms with Crippen LogP contribution in [-0.4, -0.2) is 10.9 Å². The van der Waals surface area contributed by atoms with Gasteiger partial charge in [-0.3, -0.25) is 4.79 Å². The van der Waals surface area contributed by atoms with Crippen molar-refractivity contribution in [3.63, 3.8) is 0 Å². The van der Waals surface area contributed by atoms with E-state index in [1.54, 1.807) is 6.07 Å². The summed E-state index contributed by atoms with van der Waals surface area (Å²) in [5.41, 5.74) is 6.55. The molecule has 16 heavy (non-hydrogen) atoms. The number of nitrogens with zero attached hydrogens (tertiary/aromatic N) is 1. The maximum Gasteiger partial charge on any atom is 0.257 e. The zero-order valence-electron chi connectivity index (χ0n) is 8.11. The molecule has 0 saturated carbocycles. The van der Waals surface area contributed by atoms with Gasteiger partial charge in [0, 0.05) is 11.6 Å². The van der Waals surface area contributed by atoms with Crippen LogP contribution in [-0.2, 0) is 0 Å². The van der Waals surface area contributed by atoms with E-state index >= 15 is 0 Å². The Balaban J connectivity index is 2.24. The zero-order valence-corrected chi connectivity index (χ0v) is 9.68. The number of aromatic nitrogens is 1.